The van der Waals surface area contributed by atoms with Crippen LogP contribution in [-0.4, -0.2) is 23.4 Å². The normalized spacial score (nSPS) is 17.6. The quantitative estimate of drug-likeness (QED) is 0.258. The van der Waals surface area contributed by atoms with Gasteiger partial charge in [0.15, 0.2) is 0 Å². The molecule has 1 atom stereocenters. The zero-order chi connectivity index (χ0) is 24.6. The van der Waals surface area contributed by atoms with Crippen LogP contribution in [0.3, 0.4) is 0 Å². The Morgan fingerprint density at radius 3 is 2.53 bits per heavy atom. The van der Waals surface area contributed by atoms with Gasteiger partial charge in [0, 0.05) is 16.3 Å². The lowest BCUT2D eigenvalue weighted by Crippen LogP contribution is -2.30. The van der Waals surface area contributed by atoms with E-state index in [1.165, 1.54) is 11.2 Å². The minimum Gasteiger partial charge on any atom is -0.507 e. The van der Waals surface area contributed by atoms with Crippen LogP contribution in [0.1, 0.15) is 42.3 Å². The molecule has 1 N–H and O–H groups in total. The van der Waals surface area contributed by atoms with Crippen LogP contribution in [0.25, 0.3) is 5.76 Å². The summed E-state index contributed by atoms with van der Waals surface area (Å²) in [4.78, 5) is 27.8. The number of aliphatic hydroxyl groups is 1. The van der Waals surface area contributed by atoms with E-state index in [2.05, 4.69) is 13.8 Å². The monoisotopic (exact) mass is 479 g/mol. The Morgan fingerprint density at radius 1 is 1.12 bits per heavy atom. The lowest BCUT2D eigenvalue weighted by Gasteiger charge is -2.25. The van der Waals surface area contributed by atoms with E-state index in [1.807, 2.05) is 13.8 Å². The molecule has 176 valence electrons. The van der Waals surface area contributed by atoms with E-state index in [-0.39, 0.29) is 11.3 Å². The molecule has 1 amide bonds. The molecule has 7 heteroatoms. The highest BCUT2D eigenvalue weighted by Gasteiger charge is 2.48. The number of nitrogens with zero attached hydrogens (tertiary/aromatic N) is 1. The van der Waals surface area contributed by atoms with Crippen molar-refractivity contribution in [3.63, 3.8) is 0 Å². The number of hydrogen-bond donors (Lipinski definition) is 1. The number of carbonyl (C=O) groups excluding carboxylic acids is 2. The molecule has 1 aromatic heterocycles. The molecule has 0 aliphatic carbocycles. The first-order chi connectivity index (χ1) is 16.2. The SMILES string of the molecule is Cc1cc(/C(O)=C2/C(=O)C(=O)N(c3cc(Cl)ccc3C)C2c2ccco2)ccc1OCC(C)C. The fourth-order valence-corrected chi connectivity index (χ4v) is 4.18. The Balaban J connectivity index is 1.84. The predicted molar refractivity (Wildman–Crippen MR) is 131 cm³/mol. The van der Waals surface area contributed by atoms with Crippen LogP contribution in [0, 0.1) is 19.8 Å². The zero-order valence-corrected chi connectivity index (χ0v) is 20.2. The Bertz CT molecular complexity index is 1280. The maximum absolute atomic E-state index is 13.2. The van der Waals surface area contributed by atoms with Crippen molar-refractivity contribution < 1.29 is 23.8 Å². The van der Waals surface area contributed by atoms with Crippen LogP contribution in [0.15, 0.2) is 64.8 Å². The summed E-state index contributed by atoms with van der Waals surface area (Å²) in [6.45, 7) is 8.37. The molecule has 2 heterocycles. The largest absolute Gasteiger partial charge is 0.507 e. The van der Waals surface area contributed by atoms with Crippen LogP contribution in [-0.2, 0) is 9.59 Å². The standard InChI is InChI=1S/C27H26ClNO5/c1-15(2)14-34-21-10-8-18(12-17(21)4)25(30)23-24(22-6-5-11-33-22)29(27(32)26(23)31)20-13-19(28)9-7-16(20)3/h5-13,15,24,30H,14H2,1-4H3/b25-23-. The lowest BCUT2D eigenvalue weighted by atomic mass is 9.98. The van der Waals surface area contributed by atoms with E-state index in [0.717, 1.165) is 11.1 Å². The predicted octanol–water partition coefficient (Wildman–Crippen LogP) is 6.21. The van der Waals surface area contributed by atoms with Gasteiger partial charge in [0.1, 0.15) is 23.3 Å². The fourth-order valence-electron chi connectivity index (χ4n) is 4.01. The Morgan fingerprint density at radius 2 is 1.88 bits per heavy atom. The summed E-state index contributed by atoms with van der Waals surface area (Å²) in [7, 11) is 0. The van der Waals surface area contributed by atoms with E-state index in [1.54, 1.807) is 48.5 Å². The number of benzene rings is 2. The van der Waals surface area contributed by atoms with Crippen molar-refractivity contribution in [1.82, 2.24) is 0 Å². The van der Waals surface area contributed by atoms with Crippen molar-refractivity contribution in [2.45, 2.75) is 33.7 Å². The van der Waals surface area contributed by atoms with Crippen molar-refractivity contribution >= 4 is 34.7 Å². The highest BCUT2D eigenvalue weighted by atomic mass is 35.5. The second kappa shape index (κ2) is 9.39. The van der Waals surface area contributed by atoms with Gasteiger partial charge in [0.05, 0.1) is 18.4 Å². The molecule has 3 aromatic rings. The van der Waals surface area contributed by atoms with E-state index in [9.17, 15) is 14.7 Å². The summed E-state index contributed by atoms with van der Waals surface area (Å²) in [6, 6.07) is 12.7. The summed E-state index contributed by atoms with van der Waals surface area (Å²) in [5.74, 6) is -0.415. The number of hydrogen-bond acceptors (Lipinski definition) is 5. The summed E-state index contributed by atoms with van der Waals surface area (Å²) in [6.07, 6.45) is 1.46. The molecule has 1 saturated heterocycles. The van der Waals surface area contributed by atoms with Gasteiger partial charge in [0.25, 0.3) is 11.7 Å². The molecule has 0 radical (unpaired) electrons. The highest BCUT2D eigenvalue weighted by Crippen LogP contribution is 2.44. The van der Waals surface area contributed by atoms with E-state index < -0.39 is 17.7 Å². The van der Waals surface area contributed by atoms with Crippen molar-refractivity contribution in [2.24, 2.45) is 5.92 Å². The number of amides is 1. The summed E-state index contributed by atoms with van der Waals surface area (Å²) in [5, 5.41) is 11.7. The van der Waals surface area contributed by atoms with Crippen molar-refractivity contribution in [1.29, 1.82) is 0 Å². The average molecular weight is 480 g/mol. The van der Waals surface area contributed by atoms with Gasteiger partial charge in [-0.3, -0.25) is 14.5 Å². The minimum absolute atomic E-state index is 0.0467. The number of halogens is 1. The molecular weight excluding hydrogens is 454 g/mol. The number of aryl methyl sites for hydroxylation is 2. The molecule has 2 aromatic carbocycles. The van der Waals surface area contributed by atoms with Gasteiger partial charge in [-0.2, -0.15) is 0 Å². The third-order valence-electron chi connectivity index (χ3n) is 5.71. The van der Waals surface area contributed by atoms with Crippen molar-refractivity contribution in [3.05, 3.63) is 87.8 Å². The van der Waals surface area contributed by atoms with E-state index >= 15 is 0 Å². The molecule has 1 aliphatic heterocycles. The second-order valence-electron chi connectivity index (χ2n) is 8.80. The number of furan rings is 1. The molecule has 1 aliphatic rings. The third-order valence-corrected chi connectivity index (χ3v) is 5.94. The molecule has 1 fully saturated rings. The summed E-state index contributed by atoms with van der Waals surface area (Å²) in [5.41, 5.74) is 2.40. The Kier molecular flexibility index (Phi) is 6.53. The van der Waals surface area contributed by atoms with Crippen LogP contribution in [0.5, 0.6) is 5.75 Å². The molecule has 4 rings (SSSR count). The first-order valence-electron chi connectivity index (χ1n) is 11.0. The number of ether oxygens (including phenoxy) is 1. The number of rotatable bonds is 6. The van der Waals surface area contributed by atoms with Crippen LogP contribution < -0.4 is 9.64 Å². The van der Waals surface area contributed by atoms with Gasteiger partial charge in [-0.1, -0.05) is 31.5 Å². The summed E-state index contributed by atoms with van der Waals surface area (Å²) >= 11 is 6.20. The topological polar surface area (TPSA) is 80.0 Å². The van der Waals surface area contributed by atoms with Crippen molar-refractivity contribution in [2.75, 3.05) is 11.5 Å². The average Bonchev–Trinajstić information content (AvgIpc) is 3.41. The maximum atomic E-state index is 13.2. The van der Waals surface area contributed by atoms with Gasteiger partial charge in [-0.15, -0.1) is 0 Å². The Labute approximate surface area is 203 Å². The molecule has 6 nitrogen and oxygen atoms in total. The van der Waals surface area contributed by atoms with Crippen LogP contribution in [0.2, 0.25) is 5.02 Å². The van der Waals surface area contributed by atoms with Gasteiger partial charge >= 0.3 is 0 Å². The first-order valence-corrected chi connectivity index (χ1v) is 11.4. The maximum Gasteiger partial charge on any atom is 0.300 e. The molecule has 0 saturated carbocycles. The smallest absolute Gasteiger partial charge is 0.300 e. The first kappa shape index (κ1) is 23.6. The van der Waals surface area contributed by atoms with Crippen LogP contribution in [0.4, 0.5) is 5.69 Å². The third kappa shape index (κ3) is 4.33. The molecule has 34 heavy (non-hydrogen) atoms. The number of anilines is 1. The lowest BCUT2D eigenvalue weighted by molar-refractivity contribution is -0.132. The van der Waals surface area contributed by atoms with E-state index in [4.69, 9.17) is 20.8 Å². The van der Waals surface area contributed by atoms with Crippen molar-refractivity contribution in [3.8, 4) is 5.75 Å². The molecular formula is C27H26ClNO5. The molecule has 0 spiro atoms. The Hall–Kier alpha value is -3.51. The van der Waals surface area contributed by atoms with Gasteiger partial charge in [0.2, 0.25) is 0 Å². The summed E-state index contributed by atoms with van der Waals surface area (Å²) < 4.78 is 11.4. The number of aliphatic hydroxyl groups excluding tert-OH is 1. The minimum atomic E-state index is -0.940. The number of ketones is 1. The van der Waals surface area contributed by atoms with Crippen LogP contribution >= 0.6 is 11.6 Å². The van der Waals surface area contributed by atoms with Gasteiger partial charge < -0.3 is 14.3 Å². The van der Waals surface area contributed by atoms with Gasteiger partial charge in [-0.05, 0) is 73.4 Å². The second-order valence-corrected chi connectivity index (χ2v) is 9.24. The number of Topliss-reactive ketones (excluding diaryl/α,β-unsaturated/α-hetero) is 1. The van der Waals surface area contributed by atoms with Gasteiger partial charge in [-0.25, -0.2) is 0 Å². The fraction of sp³-hybridized carbons (Fsp3) is 0.259. The number of carbonyl (C=O) groups is 2. The molecule has 0 bridgehead atoms. The molecule has 1 unspecified atom stereocenters. The van der Waals surface area contributed by atoms with E-state index in [0.29, 0.717) is 40.3 Å². The zero-order valence-electron chi connectivity index (χ0n) is 19.5. The highest BCUT2D eigenvalue weighted by molar-refractivity contribution is 6.51.